The highest BCUT2D eigenvalue weighted by Crippen LogP contribution is 2.28. The van der Waals surface area contributed by atoms with Gasteiger partial charge in [-0.05, 0) is 24.3 Å². The van der Waals surface area contributed by atoms with Crippen LogP contribution in [0.5, 0.6) is 5.75 Å². The molecule has 0 spiro atoms. The Hall–Kier alpha value is -1.48. The second kappa shape index (κ2) is 3.35. The number of hydrogen-bond acceptors (Lipinski definition) is 2. The van der Waals surface area contributed by atoms with Crippen molar-refractivity contribution in [3.63, 3.8) is 0 Å². The van der Waals surface area contributed by atoms with E-state index in [1.54, 1.807) is 22.9 Å². The maximum atomic E-state index is 9.24. The van der Waals surface area contributed by atoms with Crippen molar-refractivity contribution < 1.29 is 5.11 Å². The minimum Gasteiger partial charge on any atom is -0.506 e. The van der Waals surface area contributed by atoms with Crippen molar-refractivity contribution in [1.82, 2.24) is 9.78 Å². The molecule has 0 fully saturated rings. The lowest BCUT2D eigenvalue weighted by molar-refractivity contribution is 0.475. The van der Waals surface area contributed by atoms with Crippen LogP contribution in [0.4, 0.5) is 0 Å². The largest absolute Gasteiger partial charge is 0.506 e. The number of hydrogen-bond donors (Lipinski definition) is 1. The zero-order valence-electron chi connectivity index (χ0n) is 7.61. The minimum atomic E-state index is 0.0892. The summed E-state index contributed by atoms with van der Waals surface area (Å²) in [6.45, 7) is 0. The van der Waals surface area contributed by atoms with Crippen molar-refractivity contribution in [2.45, 2.75) is 0 Å². The van der Waals surface area contributed by atoms with Gasteiger partial charge in [-0.3, -0.25) is 4.68 Å². The van der Waals surface area contributed by atoms with Crippen LogP contribution in [0.25, 0.3) is 11.3 Å². The molecular formula is C10H9ClN2O. The Morgan fingerprint density at radius 1 is 1.36 bits per heavy atom. The molecule has 0 atom stereocenters. The van der Waals surface area contributed by atoms with E-state index in [2.05, 4.69) is 5.10 Å². The molecule has 72 valence electrons. The highest BCUT2D eigenvalue weighted by Gasteiger charge is 2.04. The summed E-state index contributed by atoms with van der Waals surface area (Å²) in [5.41, 5.74) is 1.74. The van der Waals surface area contributed by atoms with Crippen LogP contribution in [0.1, 0.15) is 0 Å². The molecule has 0 unspecified atom stereocenters. The number of aromatic hydroxyl groups is 1. The summed E-state index contributed by atoms with van der Waals surface area (Å²) in [6, 6.07) is 6.93. The lowest BCUT2D eigenvalue weighted by atomic mass is 10.1. The van der Waals surface area contributed by atoms with Crippen molar-refractivity contribution in [3.05, 3.63) is 35.5 Å². The van der Waals surface area contributed by atoms with Crippen LogP contribution in [0.15, 0.2) is 30.5 Å². The first kappa shape index (κ1) is 9.09. The third-order valence-corrected chi connectivity index (χ3v) is 2.26. The number of rotatable bonds is 1. The minimum absolute atomic E-state index is 0.0892. The van der Waals surface area contributed by atoms with Crippen molar-refractivity contribution in [2.24, 2.45) is 7.05 Å². The summed E-state index contributed by atoms with van der Waals surface area (Å²) in [5.74, 6) is 0.0892. The maximum Gasteiger partial charge on any atom is 0.134 e. The summed E-state index contributed by atoms with van der Waals surface area (Å²) in [4.78, 5) is 0. The molecule has 0 aliphatic heterocycles. The van der Waals surface area contributed by atoms with Crippen molar-refractivity contribution in [1.29, 1.82) is 0 Å². The van der Waals surface area contributed by atoms with Gasteiger partial charge in [-0.1, -0.05) is 11.6 Å². The summed E-state index contributed by atoms with van der Waals surface area (Å²) in [7, 11) is 1.85. The first-order valence-corrected chi connectivity index (χ1v) is 4.53. The summed E-state index contributed by atoms with van der Waals surface area (Å²) < 4.78 is 1.72. The zero-order valence-corrected chi connectivity index (χ0v) is 8.36. The van der Waals surface area contributed by atoms with Gasteiger partial charge in [-0.25, -0.2) is 0 Å². The van der Waals surface area contributed by atoms with Gasteiger partial charge >= 0.3 is 0 Å². The van der Waals surface area contributed by atoms with Gasteiger partial charge in [0.05, 0.1) is 10.7 Å². The van der Waals surface area contributed by atoms with Crippen LogP contribution in [-0.2, 0) is 7.05 Å². The van der Waals surface area contributed by atoms with Crippen LogP contribution in [0.2, 0.25) is 5.02 Å². The third-order valence-electron chi connectivity index (χ3n) is 1.96. The van der Waals surface area contributed by atoms with Gasteiger partial charge in [0.2, 0.25) is 0 Å². The van der Waals surface area contributed by atoms with Gasteiger partial charge in [0.25, 0.3) is 0 Å². The highest BCUT2D eigenvalue weighted by molar-refractivity contribution is 6.32. The second-order valence-corrected chi connectivity index (χ2v) is 3.45. The number of phenols is 1. The molecule has 0 bridgehead atoms. The zero-order chi connectivity index (χ0) is 10.1. The number of benzene rings is 1. The van der Waals surface area contributed by atoms with Gasteiger partial charge in [0.1, 0.15) is 5.75 Å². The van der Waals surface area contributed by atoms with Crippen molar-refractivity contribution in [2.75, 3.05) is 0 Å². The van der Waals surface area contributed by atoms with Gasteiger partial charge in [-0.15, -0.1) is 0 Å². The predicted molar refractivity (Wildman–Crippen MR) is 55.3 cm³/mol. The topological polar surface area (TPSA) is 38.0 Å². The number of nitrogens with zero attached hydrogens (tertiary/aromatic N) is 2. The molecular weight excluding hydrogens is 200 g/mol. The van der Waals surface area contributed by atoms with E-state index in [-0.39, 0.29) is 5.75 Å². The van der Waals surface area contributed by atoms with Crippen molar-refractivity contribution in [3.8, 4) is 17.0 Å². The number of aromatic nitrogens is 2. The molecule has 0 aliphatic rings. The fraction of sp³-hybridized carbons (Fsp3) is 0.100. The molecule has 0 saturated heterocycles. The molecule has 1 N–H and O–H groups in total. The molecule has 1 heterocycles. The summed E-state index contributed by atoms with van der Waals surface area (Å²) >= 11 is 5.79. The first-order chi connectivity index (χ1) is 6.66. The Bertz CT molecular complexity index is 465. The SMILES string of the molecule is Cn1ccc(-c2ccc(O)c(Cl)c2)n1. The van der Waals surface area contributed by atoms with E-state index in [4.69, 9.17) is 11.6 Å². The average Bonchev–Trinajstić information content (AvgIpc) is 2.57. The second-order valence-electron chi connectivity index (χ2n) is 3.04. The van der Waals surface area contributed by atoms with Gasteiger partial charge < -0.3 is 5.11 Å². The van der Waals surface area contributed by atoms with E-state index in [1.165, 1.54) is 0 Å². The Labute approximate surface area is 86.6 Å². The Morgan fingerprint density at radius 2 is 2.14 bits per heavy atom. The molecule has 0 saturated carbocycles. The van der Waals surface area contributed by atoms with Gasteiger partial charge in [0, 0.05) is 18.8 Å². The maximum absolute atomic E-state index is 9.24. The van der Waals surface area contributed by atoms with E-state index < -0.39 is 0 Å². The lowest BCUT2D eigenvalue weighted by Gasteiger charge is -1.99. The fourth-order valence-corrected chi connectivity index (χ4v) is 1.42. The fourth-order valence-electron chi connectivity index (χ4n) is 1.24. The smallest absolute Gasteiger partial charge is 0.134 e. The predicted octanol–water partition coefficient (Wildman–Crippen LogP) is 2.45. The van der Waals surface area contributed by atoms with Crippen LogP contribution in [0, 0.1) is 0 Å². The van der Waals surface area contributed by atoms with Crippen LogP contribution >= 0.6 is 11.6 Å². The van der Waals surface area contributed by atoms with E-state index in [9.17, 15) is 5.11 Å². The quantitative estimate of drug-likeness (QED) is 0.782. The first-order valence-electron chi connectivity index (χ1n) is 4.15. The van der Waals surface area contributed by atoms with E-state index in [0.717, 1.165) is 11.3 Å². The Balaban J connectivity index is 2.47. The van der Waals surface area contributed by atoms with E-state index >= 15 is 0 Å². The molecule has 14 heavy (non-hydrogen) atoms. The van der Waals surface area contributed by atoms with Crippen molar-refractivity contribution >= 4 is 11.6 Å². The molecule has 0 radical (unpaired) electrons. The highest BCUT2D eigenvalue weighted by atomic mass is 35.5. The molecule has 1 aromatic heterocycles. The number of halogens is 1. The van der Waals surface area contributed by atoms with Crippen LogP contribution in [0.3, 0.4) is 0 Å². The number of aryl methyl sites for hydroxylation is 1. The number of phenolic OH excluding ortho intramolecular Hbond substituents is 1. The average molecular weight is 209 g/mol. The van der Waals surface area contributed by atoms with Gasteiger partial charge in [0.15, 0.2) is 0 Å². The van der Waals surface area contributed by atoms with E-state index in [1.807, 2.05) is 19.3 Å². The normalized spacial score (nSPS) is 10.4. The molecule has 0 aliphatic carbocycles. The molecule has 1 aromatic carbocycles. The molecule has 3 nitrogen and oxygen atoms in total. The lowest BCUT2D eigenvalue weighted by Crippen LogP contribution is -1.87. The summed E-state index contributed by atoms with van der Waals surface area (Å²) in [6.07, 6.45) is 1.86. The standard InChI is InChI=1S/C10H9ClN2O/c1-13-5-4-9(12-13)7-2-3-10(14)8(11)6-7/h2-6,14H,1H3. The Kier molecular flexibility index (Phi) is 2.17. The van der Waals surface area contributed by atoms with E-state index in [0.29, 0.717) is 5.02 Å². The van der Waals surface area contributed by atoms with Gasteiger partial charge in [-0.2, -0.15) is 5.10 Å². The monoisotopic (exact) mass is 208 g/mol. The molecule has 2 aromatic rings. The van der Waals surface area contributed by atoms with Crippen LogP contribution in [-0.4, -0.2) is 14.9 Å². The molecule has 0 amide bonds. The third kappa shape index (κ3) is 1.59. The van der Waals surface area contributed by atoms with Crippen LogP contribution < -0.4 is 0 Å². The summed E-state index contributed by atoms with van der Waals surface area (Å²) in [5, 5.41) is 13.8. The molecule has 2 rings (SSSR count). The Morgan fingerprint density at radius 3 is 2.71 bits per heavy atom. The molecule has 4 heteroatoms.